The van der Waals surface area contributed by atoms with Gasteiger partial charge in [0, 0.05) is 18.0 Å². The minimum absolute atomic E-state index is 0.441. The molecule has 0 spiro atoms. The molecule has 2 N–H and O–H groups in total. The molecular formula is C15H20N2O. The summed E-state index contributed by atoms with van der Waals surface area (Å²) in [7, 11) is 0. The molecule has 2 aromatic rings. The number of para-hydroxylation sites is 1. The van der Waals surface area contributed by atoms with E-state index in [0.717, 1.165) is 35.4 Å². The van der Waals surface area contributed by atoms with E-state index in [1.54, 1.807) is 0 Å². The molecule has 1 aromatic heterocycles. The van der Waals surface area contributed by atoms with Gasteiger partial charge in [0.2, 0.25) is 0 Å². The molecule has 2 rings (SSSR count). The first kappa shape index (κ1) is 12.8. The van der Waals surface area contributed by atoms with Gasteiger partial charge in [0.05, 0.1) is 17.8 Å². The van der Waals surface area contributed by atoms with Crippen LogP contribution in [0.3, 0.4) is 0 Å². The lowest BCUT2D eigenvalue weighted by Gasteiger charge is -2.10. The van der Waals surface area contributed by atoms with E-state index in [2.05, 4.69) is 11.9 Å². The van der Waals surface area contributed by atoms with Crippen molar-refractivity contribution in [2.24, 2.45) is 5.73 Å². The molecule has 0 amide bonds. The maximum absolute atomic E-state index is 5.87. The third kappa shape index (κ3) is 2.99. The second-order valence-electron chi connectivity index (χ2n) is 4.39. The Kier molecular flexibility index (Phi) is 4.53. The molecule has 96 valence electrons. The molecule has 0 fully saturated rings. The molecule has 1 aromatic carbocycles. The number of rotatable bonds is 6. The molecular weight excluding hydrogens is 224 g/mol. The summed E-state index contributed by atoms with van der Waals surface area (Å²) >= 11 is 0. The van der Waals surface area contributed by atoms with Gasteiger partial charge in [-0.25, -0.2) is 0 Å². The highest BCUT2D eigenvalue weighted by atomic mass is 16.5. The smallest absolute Gasteiger partial charge is 0.130 e. The zero-order chi connectivity index (χ0) is 12.8. The van der Waals surface area contributed by atoms with Crippen molar-refractivity contribution in [3.05, 3.63) is 36.0 Å². The fourth-order valence-corrected chi connectivity index (χ4v) is 1.95. The van der Waals surface area contributed by atoms with E-state index >= 15 is 0 Å². The minimum Gasteiger partial charge on any atom is -0.493 e. The van der Waals surface area contributed by atoms with Crippen molar-refractivity contribution in [2.75, 3.05) is 6.61 Å². The van der Waals surface area contributed by atoms with Gasteiger partial charge in [0.1, 0.15) is 5.75 Å². The van der Waals surface area contributed by atoms with Crippen LogP contribution in [0.15, 0.2) is 30.3 Å². The van der Waals surface area contributed by atoms with Gasteiger partial charge in [0.25, 0.3) is 0 Å². The number of benzene rings is 1. The van der Waals surface area contributed by atoms with E-state index < -0.39 is 0 Å². The Morgan fingerprint density at radius 3 is 2.83 bits per heavy atom. The van der Waals surface area contributed by atoms with E-state index in [0.29, 0.717) is 6.54 Å². The van der Waals surface area contributed by atoms with Crippen molar-refractivity contribution in [1.82, 2.24) is 4.98 Å². The Labute approximate surface area is 108 Å². The maximum Gasteiger partial charge on any atom is 0.130 e. The Morgan fingerprint density at radius 2 is 2.06 bits per heavy atom. The van der Waals surface area contributed by atoms with Crippen LogP contribution in [0.2, 0.25) is 0 Å². The number of nitrogens with zero attached hydrogens (tertiary/aromatic N) is 1. The molecule has 0 atom stereocenters. The van der Waals surface area contributed by atoms with Crippen LogP contribution in [-0.2, 0) is 6.54 Å². The second kappa shape index (κ2) is 6.36. The average molecular weight is 244 g/mol. The van der Waals surface area contributed by atoms with E-state index in [9.17, 15) is 0 Å². The number of hydrogen-bond donors (Lipinski definition) is 1. The highest BCUT2D eigenvalue weighted by molar-refractivity contribution is 5.85. The quantitative estimate of drug-likeness (QED) is 0.793. The summed E-state index contributed by atoms with van der Waals surface area (Å²) in [6, 6.07) is 9.97. The number of nitrogens with two attached hydrogens (primary N) is 1. The third-order valence-electron chi connectivity index (χ3n) is 2.95. The fourth-order valence-electron chi connectivity index (χ4n) is 1.95. The summed E-state index contributed by atoms with van der Waals surface area (Å²) in [5.74, 6) is 0.900. The van der Waals surface area contributed by atoms with Crippen LogP contribution in [-0.4, -0.2) is 11.6 Å². The number of hydrogen-bond acceptors (Lipinski definition) is 3. The second-order valence-corrected chi connectivity index (χ2v) is 4.39. The molecule has 0 aliphatic carbocycles. The van der Waals surface area contributed by atoms with Gasteiger partial charge in [-0.2, -0.15) is 0 Å². The van der Waals surface area contributed by atoms with Gasteiger partial charge < -0.3 is 10.5 Å². The van der Waals surface area contributed by atoms with E-state index in [-0.39, 0.29) is 0 Å². The van der Waals surface area contributed by atoms with Gasteiger partial charge in [0.15, 0.2) is 0 Å². The van der Waals surface area contributed by atoms with Gasteiger partial charge >= 0.3 is 0 Å². The maximum atomic E-state index is 5.87. The molecule has 0 bridgehead atoms. The highest BCUT2D eigenvalue weighted by Gasteiger charge is 2.05. The van der Waals surface area contributed by atoms with Gasteiger partial charge in [-0.15, -0.1) is 0 Å². The predicted molar refractivity (Wildman–Crippen MR) is 74.7 cm³/mol. The van der Waals surface area contributed by atoms with Crippen LogP contribution in [0.5, 0.6) is 5.75 Å². The normalized spacial score (nSPS) is 10.8. The van der Waals surface area contributed by atoms with E-state index in [4.69, 9.17) is 10.5 Å². The lowest BCUT2D eigenvalue weighted by atomic mass is 10.2. The molecule has 0 aliphatic rings. The van der Waals surface area contributed by atoms with Gasteiger partial charge in [-0.1, -0.05) is 31.9 Å². The summed E-state index contributed by atoms with van der Waals surface area (Å²) in [4.78, 5) is 4.49. The summed E-state index contributed by atoms with van der Waals surface area (Å²) in [6.45, 7) is 3.39. The summed E-state index contributed by atoms with van der Waals surface area (Å²) < 4.78 is 5.87. The number of ether oxygens (including phenoxy) is 1. The van der Waals surface area contributed by atoms with Crippen LogP contribution in [0.1, 0.15) is 31.9 Å². The molecule has 3 nitrogen and oxygen atoms in total. The standard InChI is InChI=1S/C15H20N2O/c1-2-3-6-9-18-15-10-12(11-16)17-14-8-5-4-7-13(14)15/h4-5,7-8,10H,2-3,6,9,11,16H2,1H3. The van der Waals surface area contributed by atoms with Crippen molar-refractivity contribution in [3.8, 4) is 5.75 Å². The fraction of sp³-hybridized carbons (Fsp3) is 0.400. The molecule has 3 heteroatoms. The molecule has 0 saturated heterocycles. The number of aromatic nitrogens is 1. The molecule has 0 saturated carbocycles. The first-order valence-corrected chi connectivity index (χ1v) is 6.56. The molecule has 18 heavy (non-hydrogen) atoms. The van der Waals surface area contributed by atoms with Crippen LogP contribution in [0.25, 0.3) is 10.9 Å². The third-order valence-corrected chi connectivity index (χ3v) is 2.95. The van der Waals surface area contributed by atoms with Crippen molar-refractivity contribution < 1.29 is 4.74 Å². The van der Waals surface area contributed by atoms with Gasteiger partial charge in [-0.3, -0.25) is 4.98 Å². The zero-order valence-electron chi connectivity index (χ0n) is 10.9. The van der Waals surface area contributed by atoms with Crippen molar-refractivity contribution in [2.45, 2.75) is 32.7 Å². The van der Waals surface area contributed by atoms with Crippen molar-refractivity contribution in [1.29, 1.82) is 0 Å². The number of fused-ring (bicyclic) bond motifs is 1. The Hall–Kier alpha value is -1.61. The number of unbranched alkanes of at least 4 members (excludes halogenated alkanes) is 2. The first-order valence-electron chi connectivity index (χ1n) is 6.56. The van der Waals surface area contributed by atoms with Crippen LogP contribution in [0.4, 0.5) is 0 Å². The summed E-state index contributed by atoms with van der Waals surface area (Å²) in [5.41, 5.74) is 7.49. The average Bonchev–Trinajstić information content (AvgIpc) is 2.43. The molecule has 0 aliphatic heterocycles. The van der Waals surface area contributed by atoms with Crippen LogP contribution < -0.4 is 10.5 Å². The van der Waals surface area contributed by atoms with E-state index in [1.807, 2.05) is 30.3 Å². The van der Waals surface area contributed by atoms with Crippen molar-refractivity contribution >= 4 is 10.9 Å². The summed E-state index contributed by atoms with van der Waals surface area (Å²) in [6.07, 6.45) is 3.49. The summed E-state index contributed by atoms with van der Waals surface area (Å²) in [5, 5.41) is 1.06. The largest absolute Gasteiger partial charge is 0.493 e. The lowest BCUT2D eigenvalue weighted by Crippen LogP contribution is -2.03. The van der Waals surface area contributed by atoms with Crippen molar-refractivity contribution in [3.63, 3.8) is 0 Å². The number of pyridine rings is 1. The van der Waals surface area contributed by atoms with Crippen LogP contribution >= 0.6 is 0 Å². The molecule has 0 unspecified atom stereocenters. The minimum atomic E-state index is 0.441. The van der Waals surface area contributed by atoms with Gasteiger partial charge in [-0.05, 0) is 18.6 Å². The topological polar surface area (TPSA) is 48.1 Å². The Morgan fingerprint density at radius 1 is 1.22 bits per heavy atom. The highest BCUT2D eigenvalue weighted by Crippen LogP contribution is 2.25. The SMILES string of the molecule is CCCCCOc1cc(CN)nc2ccccc12. The lowest BCUT2D eigenvalue weighted by molar-refractivity contribution is 0.309. The predicted octanol–water partition coefficient (Wildman–Crippen LogP) is 3.26. The Balaban J connectivity index is 2.23. The molecule has 0 radical (unpaired) electrons. The molecule has 1 heterocycles. The first-order chi connectivity index (χ1) is 8.85. The van der Waals surface area contributed by atoms with Crippen LogP contribution in [0, 0.1) is 0 Å². The van der Waals surface area contributed by atoms with E-state index in [1.165, 1.54) is 12.8 Å². The zero-order valence-corrected chi connectivity index (χ0v) is 10.9. The Bertz CT molecular complexity index is 511. The monoisotopic (exact) mass is 244 g/mol.